The Labute approximate surface area is 191 Å². The Morgan fingerprint density at radius 1 is 1.12 bits per heavy atom. The van der Waals surface area contributed by atoms with E-state index in [1.54, 1.807) is 6.07 Å². The number of hydrogen-bond donors (Lipinski definition) is 0. The van der Waals surface area contributed by atoms with Crippen LogP contribution in [0.5, 0.6) is 11.5 Å². The number of thiophene rings is 1. The normalized spacial score (nSPS) is 13.0. The molecule has 2 heterocycles. The molecular weight excluding hydrogens is 456 g/mol. The molecule has 1 aliphatic heterocycles. The number of carbonyl (C=O) groups excluding carboxylic acids is 3. The van der Waals surface area contributed by atoms with Gasteiger partial charge in [-0.25, -0.2) is 18.5 Å². The van der Waals surface area contributed by atoms with Gasteiger partial charge in [0.25, 0.3) is 5.91 Å². The van der Waals surface area contributed by atoms with Crippen molar-refractivity contribution in [3.63, 3.8) is 0 Å². The predicted octanol–water partition coefficient (Wildman–Crippen LogP) is 4.13. The van der Waals surface area contributed by atoms with Crippen LogP contribution >= 0.6 is 11.3 Å². The average Bonchev–Trinajstić information content (AvgIpc) is 3.23. The number of esters is 1. The quantitative estimate of drug-likeness (QED) is 0.396. The number of ether oxygens (including phenoxy) is 3. The number of fused-ring (bicyclic) bond motifs is 1. The van der Waals surface area contributed by atoms with Gasteiger partial charge in [-0.3, -0.25) is 9.59 Å². The maximum atomic E-state index is 14.7. The fourth-order valence-corrected chi connectivity index (χ4v) is 4.48. The number of halogens is 2. The summed E-state index contributed by atoms with van der Waals surface area (Å²) in [5.41, 5.74) is -0.162. The number of amides is 2. The smallest absolute Gasteiger partial charge is 0.339 e. The van der Waals surface area contributed by atoms with E-state index in [2.05, 4.69) is 0 Å². The molecular formula is C23H17F2NO6S. The van der Waals surface area contributed by atoms with Crippen LogP contribution in [0.4, 0.5) is 14.5 Å². The van der Waals surface area contributed by atoms with Gasteiger partial charge in [-0.15, -0.1) is 11.3 Å². The summed E-state index contributed by atoms with van der Waals surface area (Å²) < 4.78 is 44.3. The Balaban J connectivity index is 1.66. The predicted molar refractivity (Wildman–Crippen MR) is 115 cm³/mol. The van der Waals surface area contributed by atoms with Crippen molar-refractivity contribution in [1.82, 2.24) is 0 Å². The summed E-state index contributed by atoms with van der Waals surface area (Å²) >= 11 is 1.08. The number of methoxy groups -OCH3 is 2. The monoisotopic (exact) mass is 473 g/mol. The first-order valence-electron chi connectivity index (χ1n) is 9.65. The van der Waals surface area contributed by atoms with E-state index in [0.717, 1.165) is 17.4 Å². The molecule has 170 valence electrons. The van der Waals surface area contributed by atoms with Crippen LogP contribution < -0.4 is 14.4 Å². The minimum absolute atomic E-state index is 0.00765. The van der Waals surface area contributed by atoms with Gasteiger partial charge in [0.15, 0.2) is 0 Å². The highest BCUT2D eigenvalue weighted by Gasteiger charge is 2.38. The van der Waals surface area contributed by atoms with Crippen LogP contribution in [0.2, 0.25) is 0 Å². The van der Waals surface area contributed by atoms with Crippen molar-refractivity contribution >= 4 is 34.8 Å². The summed E-state index contributed by atoms with van der Waals surface area (Å²) in [5, 5.41) is 1.43. The van der Waals surface area contributed by atoms with Gasteiger partial charge < -0.3 is 14.2 Å². The van der Waals surface area contributed by atoms with E-state index in [1.165, 1.54) is 43.9 Å². The van der Waals surface area contributed by atoms with Crippen molar-refractivity contribution in [2.24, 2.45) is 0 Å². The molecule has 0 fully saturated rings. The number of carbonyl (C=O) groups is 3. The Hall–Kier alpha value is -3.79. The number of anilines is 1. The molecule has 0 unspecified atom stereocenters. The molecule has 2 aromatic carbocycles. The Morgan fingerprint density at radius 3 is 2.64 bits per heavy atom. The van der Waals surface area contributed by atoms with Gasteiger partial charge in [-0.1, -0.05) is 6.07 Å². The second-order valence-corrected chi connectivity index (χ2v) is 7.94. The molecule has 0 aliphatic carbocycles. The average molecular weight is 473 g/mol. The largest absolute Gasteiger partial charge is 0.496 e. The van der Waals surface area contributed by atoms with Gasteiger partial charge in [-0.2, -0.15) is 0 Å². The summed E-state index contributed by atoms with van der Waals surface area (Å²) in [6.07, 6.45) is -0.181. The van der Waals surface area contributed by atoms with E-state index >= 15 is 0 Å². The van der Waals surface area contributed by atoms with Gasteiger partial charge >= 0.3 is 5.97 Å². The zero-order valence-electron chi connectivity index (χ0n) is 17.5. The third kappa shape index (κ3) is 4.05. The molecule has 1 aliphatic rings. The van der Waals surface area contributed by atoms with Crippen LogP contribution in [0.3, 0.4) is 0 Å². The third-order valence-electron chi connectivity index (χ3n) is 5.09. The lowest BCUT2D eigenvalue weighted by atomic mass is 10.0. The van der Waals surface area contributed by atoms with Crippen molar-refractivity contribution in [2.75, 3.05) is 19.1 Å². The minimum atomic E-state index is -0.842. The summed E-state index contributed by atoms with van der Waals surface area (Å²) in [7, 11) is 2.57. The van der Waals surface area contributed by atoms with Gasteiger partial charge in [0.1, 0.15) is 29.7 Å². The molecule has 0 saturated heterocycles. The van der Waals surface area contributed by atoms with E-state index in [1.807, 2.05) is 0 Å². The molecule has 0 bridgehead atoms. The van der Waals surface area contributed by atoms with E-state index in [4.69, 9.17) is 14.2 Å². The standard InChI is InChI=1S/C23H17F2NO6S/c1-30-18-5-3-4-15(24)13(18)10-32-12-6-7-16(25)17(8-12)26-20(27)9-19-21(22(26)28)14(11-33-19)23(29)31-2/h3-8,11H,9-10H2,1-2H3. The van der Waals surface area contributed by atoms with Crippen LogP contribution in [0, 0.1) is 11.6 Å². The first kappa shape index (κ1) is 22.4. The lowest BCUT2D eigenvalue weighted by Gasteiger charge is -2.26. The fraction of sp³-hybridized carbons (Fsp3) is 0.174. The topological polar surface area (TPSA) is 82.1 Å². The number of imide groups is 1. The van der Waals surface area contributed by atoms with Crippen LogP contribution in [-0.4, -0.2) is 32.0 Å². The Kier molecular flexibility index (Phi) is 6.10. The molecule has 4 rings (SSSR count). The summed E-state index contributed by atoms with van der Waals surface area (Å²) in [6, 6.07) is 7.81. The molecule has 0 atom stereocenters. The first-order chi connectivity index (χ1) is 15.8. The van der Waals surface area contributed by atoms with Crippen LogP contribution in [-0.2, 0) is 22.6 Å². The molecule has 1 aromatic heterocycles. The Bertz CT molecular complexity index is 1270. The zero-order valence-corrected chi connectivity index (χ0v) is 18.3. The SMILES string of the molecule is COC(=O)c1csc2c1C(=O)N(c1cc(OCc3c(F)cccc3OC)ccc1F)C(=O)C2. The van der Waals surface area contributed by atoms with Crippen molar-refractivity contribution in [1.29, 1.82) is 0 Å². The van der Waals surface area contributed by atoms with E-state index in [9.17, 15) is 23.2 Å². The molecule has 0 saturated carbocycles. The molecule has 0 N–H and O–H groups in total. The van der Waals surface area contributed by atoms with Crippen molar-refractivity contribution in [3.05, 3.63) is 75.0 Å². The first-order valence-corrected chi connectivity index (χ1v) is 10.5. The molecule has 10 heteroatoms. The molecule has 2 amide bonds. The number of hydrogen-bond acceptors (Lipinski definition) is 7. The highest BCUT2D eigenvalue weighted by Crippen LogP contribution is 2.35. The number of nitrogens with zero attached hydrogens (tertiary/aromatic N) is 1. The second-order valence-electron chi connectivity index (χ2n) is 6.97. The molecule has 0 radical (unpaired) electrons. The number of benzene rings is 2. The van der Waals surface area contributed by atoms with Crippen LogP contribution in [0.25, 0.3) is 0 Å². The van der Waals surface area contributed by atoms with Gasteiger partial charge in [0.2, 0.25) is 5.91 Å². The minimum Gasteiger partial charge on any atom is -0.496 e. The van der Waals surface area contributed by atoms with E-state index in [0.29, 0.717) is 9.78 Å². The van der Waals surface area contributed by atoms with E-state index < -0.39 is 29.4 Å². The molecule has 3 aromatic rings. The highest BCUT2D eigenvalue weighted by molar-refractivity contribution is 7.11. The van der Waals surface area contributed by atoms with Crippen molar-refractivity contribution in [3.8, 4) is 11.5 Å². The highest BCUT2D eigenvalue weighted by atomic mass is 32.1. The van der Waals surface area contributed by atoms with Gasteiger partial charge in [-0.05, 0) is 24.3 Å². The maximum Gasteiger partial charge on any atom is 0.339 e. The molecule has 33 heavy (non-hydrogen) atoms. The summed E-state index contributed by atoms with van der Waals surface area (Å²) in [5.74, 6) is -3.23. The fourth-order valence-electron chi connectivity index (χ4n) is 3.49. The van der Waals surface area contributed by atoms with Crippen LogP contribution in [0.1, 0.15) is 31.2 Å². The third-order valence-corrected chi connectivity index (χ3v) is 6.07. The maximum absolute atomic E-state index is 14.7. The zero-order chi connectivity index (χ0) is 23.7. The molecule has 7 nitrogen and oxygen atoms in total. The van der Waals surface area contributed by atoms with Crippen LogP contribution in [0.15, 0.2) is 41.8 Å². The lowest BCUT2D eigenvalue weighted by molar-refractivity contribution is -0.117. The lowest BCUT2D eigenvalue weighted by Crippen LogP contribution is -2.43. The van der Waals surface area contributed by atoms with Crippen molar-refractivity contribution in [2.45, 2.75) is 13.0 Å². The summed E-state index contributed by atoms with van der Waals surface area (Å²) in [6.45, 7) is -0.232. The van der Waals surface area contributed by atoms with Gasteiger partial charge in [0.05, 0.1) is 43.0 Å². The summed E-state index contributed by atoms with van der Waals surface area (Å²) in [4.78, 5) is 39.0. The second kappa shape index (κ2) is 8.99. The van der Waals surface area contributed by atoms with E-state index in [-0.39, 0.29) is 46.9 Å². The molecule has 0 spiro atoms. The van der Waals surface area contributed by atoms with Crippen molar-refractivity contribution < 1.29 is 37.4 Å². The number of rotatable bonds is 6. The van der Waals surface area contributed by atoms with Gasteiger partial charge in [0, 0.05) is 16.3 Å². The Morgan fingerprint density at radius 2 is 1.91 bits per heavy atom.